The quantitative estimate of drug-likeness (QED) is 0.751. The number of rotatable bonds is 7. The maximum Gasteiger partial charge on any atom is 0.119 e. The van der Waals surface area contributed by atoms with Crippen molar-refractivity contribution in [1.82, 2.24) is 5.48 Å². The van der Waals surface area contributed by atoms with E-state index in [1.54, 1.807) is 0 Å². The molecule has 100 valence electrons. The molecular formula is C15H23NO2. The van der Waals surface area contributed by atoms with E-state index in [9.17, 15) is 0 Å². The molecule has 1 aromatic carbocycles. The zero-order valence-electron chi connectivity index (χ0n) is 11.2. The Kier molecular flexibility index (Phi) is 5.49. The summed E-state index contributed by atoms with van der Waals surface area (Å²) in [6.45, 7) is 3.64. The lowest BCUT2D eigenvalue weighted by Crippen LogP contribution is -2.21. The van der Waals surface area contributed by atoms with E-state index < -0.39 is 0 Å². The van der Waals surface area contributed by atoms with Gasteiger partial charge in [0.05, 0.1) is 12.7 Å². The first-order chi connectivity index (χ1) is 8.88. The van der Waals surface area contributed by atoms with Gasteiger partial charge in [0, 0.05) is 6.54 Å². The first-order valence-electron chi connectivity index (χ1n) is 6.98. The molecule has 18 heavy (non-hydrogen) atoms. The average molecular weight is 249 g/mol. The van der Waals surface area contributed by atoms with Crippen molar-refractivity contribution in [3.63, 3.8) is 0 Å². The maximum absolute atomic E-state index is 5.62. The van der Waals surface area contributed by atoms with Gasteiger partial charge in [0.1, 0.15) is 5.75 Å². The average Bonchev–Trinajstić information content (AvgIpc) is 2.91. The largest absolute Gasteiger partial charge is 0.494 e. The second kappa shape index (κ2) is 7.39. The van der Waals surface area contributed by atoms with Crippen LogP contribution in [0.5, 0.6) is 5.75 Å². The highest BCUT2D eigenvalue weighted by Crippen LogP contribution is 2.20. The molecule has 3 heteroatoms. The molecule has 0 heterocycles. The van der Waals surface area contributed by atoms with Crippen LogP contribution in [0.15, 0.2) is 24.3 Å². The van der Waals surface area contributed by atoms with Gasteiger partial charge in [-0.2, -0.15) is 5.48 Å². The molecule has 0 saturated heterocycles. The summed E-state index contributed by atoms with van der Waals surface area (Å²) in [5.74, 6) is 0.942. The molecule has 0 aliphatic heterocycles. The van der Waals surface area contributed by atoms with E-state index in [1.165, 1.54) is 31.2 Å². The Morgan fingerprint density at radius 3 is 2.56 bits per heavy atom. The van der Waals surface area contributed by atoms with Crippen LogP contribution in [0.3, 0.4) is 0 Å². The summed E-state index contributed by atoms with van der Waals surface area (Å²) in [6.07, 6.45) is 6.44. The van der Waals surface area contributed by atoms with E-state index in [0.717, 1.165) is 25.3 Å². The summed E-state index contributed by atoms with van der Waals surface area (Å²) in [7, 11) is 0. The molecule has 0 spiro atoms. The molecule has 2 rings (SSSR count). The second-order valence-electron chi connectivity index (χ2n) is 4.84. The summed E-state index contributed by atoms with van der Waals surface area (Å²) in [6, 6.07) is 8.19. The lowest BCUT2D eigenvalue weighted by Gasteiger charge is -2.12. The van der Waals surface area contributed by atoms with Gasteiger partial charge in [-0.1, -0.05) is 31.9 Å². The van der Waals surface area contributed by atoms with Gasteiger partial charge < -0.3 is 4.74 Å². The smallest absolute Gasteiger partial charge is 0.119 e. The molecule has 0 radical (unpaired) electrons. The molecule has 0 atom stereocenters. The van der Waals surface area contributed by atoms with Crippen LogP contribution in [-0.4, -0.2) is 12.7 Å². The molecule has 1 aromatic rings. The fourth-order valence-corrected chi connectivity index (χ4v) is 2.17. The minimum Gasteiger partial charge on any atom is -0.494 e. The van der Waals surface area contributed by atoms with Crippen LogP contribution in [0.4, 0.5) is 0 Å². The van der Waals surface area contributed by atoms with Crippen molar-refractivity contribution in [3.05, 3.63) is 29.8 Å². The topological polar surface area (TPSA) is 30.5 Å². The number of hydrogen-bond donors (Lipinski definition) is 1. The van der Waals surface area contributed by atoms with Crippen molar-refractivity contribution < 1.29 is 9.57 Å². The van der Waals surface area contributed by atoms with E-state index in [4.69, 9.17) is 9.57 Å². The third-order valence-electron chi connectivity index (χ3n) is 3.22. The number of ether oxygens (including phenoxy) is 1. The van der Waals surface area contributed by atoms with Gasteiger partial charge in [0.2, 0.25) is 0 Å². The van der Waals surface area contributed by atoms with Crippen molar-refractivity contribution in [2.45, 2.75) is 51.7 Å². The van der Waals surface area contributed by atoms with Crippen molar-refractivity contribution in [1.29, 1.82) is 0 Å². The van der Waals surface area contributed by atoms with Gasteiger partial charge in [-0.25, -0.2) is 0 Å². The summed E-state index contributed by atoms with van der Waals surface area (Å²) in [4.78, 5) is 5.62. The van der Waals surface area contributed by atoms with Gasteiger partial charge in [0.25, 0.3) is 0 Å². The highest BCUT2D eigenvalue weighted by atomic mass is 16.7. The van der Waals surface area contributed by atoms with Gasteiger partial charge in [-0.15, -0.1) is 0 Å². The molecule has 1 aliphatic rings. The molecule has 0 aromatic heterocycles. The molecular weight excluding hydrogens is 226 g/mol. The van der Waals surface area contributed by atoms with E-state index in [-0.39, 0.29) is 0 Å². The number of hydroxylamine groups is 1. The predicted octanol–water partition coefficient (Wildman–Crippen LogP) is 3.44. The third kappa shape index (κ3) is 4.31. The maximum atomic E-state index is 5.62. The van der Waals surface area contributed by atoms with Crippen LogP contribution in [0, 0.1) is 0 Å². The number of hydrogen-bond acceptors (Lipinski definition) is 3. The Morgan fingerprint density at radius 2 is 1.89 bits per heavy atom. The summed E-state index contributed by atoms with van der Waals surface area (Å²) < 4.78 is 5.54. The summed E-state index contributed by atoms with van der Waals surface area (Å²) >= 11 is 0. The van der Waals surface area contributed by atoms with Crippen molar-refractivity contribution in [2.24, 2.45) is 0 Å². The molecule has 0 amide bonds. The van der Waals surface area contributed by atoms with Crippen LogP contribution in [0.1, 0.15) is 44.6 Å². The van der Waals surface area contributed by atoms with Crippen molar-refractivity contribution in [3.8, 4) is 5.75 Å². The Hall–Kier alpha value is -1.06. The summed E-state index contributed by atoms with van der Waals surface area (Å²) in [5, 5.41) is 0. The Morgan fingerprint density at radius 1 is 1.17 bits per heavy atom. The van der Waals surface area contributed by atoms with Crippen LogP contribution < -0.4 is 10.2 Å². The first kappa shape index (κ1) is 13.4. The molecule has 1 saturated carbocycles. The van der Waals surface area contributed by atoms with Gasteiger partial charge in [-0.05, 0) is 37.0 Å². The van der Waals surface area contributed by atoms with Gasteiger partial charge >= 0.3 is 0 Å². The fourth-order valence-electron chi connectivity index (χ4n) is 2.17. The molecule has 3 nitrogen and oxygen atoms in total. The highest BCUT2D eigenvalue weighted by molar-refractivity contribution is 5.27. The van der Waals surface area contributed by atoms with Crippen LogP contribution in [-0.2, 0) is 11.4 Å². The van der Waals surface area contributed by atoms with Gasteiger partial charge in [-0.3, -0.25) is 4.84 Å². The normalized spacial score (nSPS) is 16.1. The molecule has 1 N–H and O–H groups in total. The molecule has 0 bridgehead atoms. The molecule has 1 aliphatic carbocycles. The third-order valence-corrected chi connectivity index (χ3v) is 3.22. The Bertz CT molecular complexity index is 331. The van der Waals surface area contributed by atoms with E-state index in [2.05, 4.69) is 24.5 Å². The second-order valence-corrected chi connectivity index (χ2v) is 4.84. The SMILES string of the molecule is CCCOc1ccc(CNOC2CCCC2)cc1. The first-order valence-corrected chi connectivity index (χ1v) is 6.98. The lowest BCUT2D eigenvalue weighted by atomic mass is 10.2. The predicted molar refractivity (Wildman–Crippen MR) is 72.4 cm³/mol. The minimum absolute atomic E-state index is 0.414. The summed E-state index contributed by atoms with van der Waals surface area (Å²) in [5.41, 5.74) is 4.28. The van der Waals surface area contributed by atoms with Gasteiger partial charge in [0.15, 0.2) is 0 Å². The van der Waals surface area contributed by atoms with Crippen LogP contribution >= 0.6 is 0 Å². The zero-order chi connectivity index (χ0) is 12.6. The van der Waals surface area contributed by atoms with E-state index >= 15 is 0 Å². The van der Waals surface area contributed by atoms with E-state index in [0.29, 0.717) is 6.10 Å². The minimum atomic E-state index is 0.414. The Balaban J connectivity index is 1.68. The Labute approximate surface area is 109 Å². The zero-order valence-corrected chi connectivity index (χ0v) is 11.2. The van der Waals surface area contributed by atoms with Crippen LogP contribution in [0.2, 0.25) is 0 Å². The monoisotopic (exact) mass is 249 g/mol. The standard InChI is InChI=1S/C15H23NO2/c1-2-11-17-14-9-7-13(8-10-14)12-16-18-15-5-3-4-6-15/h7-10,15-16H,2-6,11-12H2,1H3. The van der Waals surface area contributed by atoms with E-state index in [1.807, 2.05) is 12.1 Å². The van der Waals surface area contributed by atoms with Crippen LogP contribution in [0.25, 0.3) is 0 Å². The highest BCUT2D eigenvalue weighted by Gasteiger charge is 2.15. The lowest BCUT2D eigenvalue weighted by molar-refractivity contribution is -0.0244. The fraction of sp³-hybridized carbons (Fsp3) is 0.600. The molecule has 1 fully saturated rings. The number of benzene rings is 1. The number of nitrogens with one attached hydrogen (secondary N) is 1. The van der Waals surface area contributed by atoms with Crippen molar-refractivity contribution in [2.75, 3.05) is 6.61 Å². The molecule has 0 unspecified atom stereocenters. The van der Waals surface area contributed by atoms with Crippen molar-refractivity contribution >= 4 is 0 Å².